The molecular formula is C17H20ClF4N5O. The largest absolute Gasteiger partial charge is 0.394 e. The minimum atomic E-state index is -4.40. The lowest BCUT2D eigenvalue weighted by molar-refractivity contribution is -0.169. The molecule has 0 radical (unpaired) electrons. The van der Waals surface area contributed by atoms with Crippen LogP contribution in [-0.2, 0) is 0 Å². The summed E-state index contributed by atoms with van der Waals surface area (Å²) >= 11 is 6.00. The second-order valence-electron chi connectivity index (χ2n) is 5.81. The van der Waals surface area contributed by atoms with E-state index < -0.39 is 30.1 Å². The van der Waals surface area contributed by atoms with Crippen molar-refractivity contribution >= 4 is 17.4 Å². The molecule has 2 aromatic rings. The van der Waals surface area contributed by atoms with Crippen molar-refractivity contribution in [2.75, 3.05) is 31.1 Å². The van der Waals surface area contributed by atoms with E-state index in [1.54, 1.807) is 0 Å². The number of anilines is 1. The van der Waals surface area contributed by atoms with Gasteiger partial charge in [-0.3, -0.25) is 4.79 Å². The summed E-state index contributed by atoms with van der Waals surface area (Å²) in [6.45, 7) is 3.84. The summed E-state index contributed by atoms with van der Waals surface area (Å²) in [5.74, 6) is -2.49. The molecule has 0 bridgehead atoms. The summed E-state index contributed by atoms with van der Waals surface area (Å²) in [6.07, 6.45) is -3.21. The Morgan fingerprint density at radius 1 is 1.32 bits per heavy atom. The summed E-state index contributed by atoms with van der Waals surface area (Å²) in [5, 5.41) is 2.40. The van der Waals surface area contributed by atoms with Crippen LogP contribution in [0.5, 0.6) is 0 Å². The van der Waals surface area contributed by atoms with Crippen molar-refractivity contribution in [2.24, 2.45) is 5.92 Å². The number of nitrogens with zero attached hydrogens (tertiary/aromatic N) is 3. The van der Waals surface area contributed by atoms with Gasteiger partial charge < -0.3 is 15.2 Å². The first-order valence-corrected chi connectivity index (χ1v) is 9.07. The summed E-state index contributed by atoms with van der Waals surface area (Å²) < 4.78 is 52.8. The zero-order chi connectivity index (χ0) is 20.9. The van der Waals surface area contributed by atoms with Gasteiger partial charge in [0, 0.05) is 44.0 Å². The van der Waals surface area contributed by atoms with Gasteiger partial charge in [-0.15, -0.1) is 0 Å². The fourth-order valence-corrected chi connectivity index (χ4v) is 2.88. The van der Waals surface area contributed by atoms with Gasteiger partial charge in [0.1, 0.15) is 10.8 Å². The van der Waals surface area contributed by atoms with Gasteiger partial charge in [0.15, 0.2) is 5.82 Å². The zero-order valence-corrected chi connectivity index (χ0v) is 16.0. The zero-order valence-electron chi connectivity index (χ0n) is 15.3. The average molecular weight is 422 g/mol. The highest BCUT2D eigenvalue weighted by atomic mass is 35.5. The molecule has 1 aliphatic rings. The standard InChI is InChI=1S/C15H14ClF4N5O.C2H6/c16-11-13(25-4-3-21-6-9(7-25)15(18,19)20)23-12(24-14(11)26)8-1-2-22-10(17)5-8;1-2/h1-2,5,9,21H,3-4,6-7H2,(H,23,24,26);1-2H3. The Labute approximate surface area is 164 Å². The molecule has 1 atom stereocenters. The number of alkyl halides is 3. The topological polar surface area (TPSA) is 73.9 Å². The molecule has 154 valence electrons. The van der Waals surface area contributed by atoms with Gasteiger partial charge in [-0.25, -0.2) is 9.97 Å². The Balaban J connectivity index is 0.00000136. The highest BCUT2D eigenvalue weighted by molar-refractivity contribution is 6.32. The van der Waals surface area contributed by atoms with Gasteiger partial charge in [-0.05, 0) is 6.07 Å². The number of H-pyrrole nitrogens is 1. The number of rotatable bonds is 2. The van der Waals surface area contributed by atoms with Gasteiger partial charge in [0.05, 0.1) is 5.92 Å². The van der Waals surface area contributed by atoms with Crippen molar-refractivity contribution in [3.8, 4) is 11.4 Å². The maximum absolute atomic E-state index is 13.3. The van der Waals surface area contributed by atoms with Crippen LogP contribution in [0.15, 0.2) is 23.1 Å². The molecule has 6 nitrogen and oxygen atoms in total. The quantitative estimate of drug-likeness (QED) is 0.575. The molecule has 0 aliphatic carbocycles. The molecule has 1 aliphatic heterocycles. The predicted molar refractivity (Wildman–Crippen MR) is 99.0 cm³/mol. The Bertz CT molecular complexity index is 858. The SMILES string of the molecule is CC.O=c1[nH]c(-c2ccnc(F)c2)nc(N2CCNCC(C(F)(F)F)C2)c1Cl. The second-order valence-corrected chi connectivity index (χ2v) is 6.19. The Morgan fingerprint density at radius 3 is 2.68 bits per heavy atom. The fraction of sp³-hybridized carbons (Fsp3) is 0.471. The molecule has 1 saturated heterocycles. The van der Waals surface area contributed by atoms with Crippen LogP contribution in [0.1, 0.15) is 13.8 Å². The Kier molecular flexibility index (Phi) is 7.36. The van der Waals surface area contributed by atoms with E-state index in [1.807, 2.05) is 13.8 Å². The molecule has 0 spiro atoms. The van der Waals surface area contributed by atoms with E-state index in [9.17, 15) is 22.4 Å². The average Bonchev–Trinajstić information content (AvgIpc) is 2.92. The predicted octanol–water partition coefficient (Wildman–Crippen LogP) is 3.24. The Morgan fingerprint density at radius 2 is 2.04 bits per heavy atom. The van der Waals surface area contributed by atoms with Crippen LogP contribution in [0.2, 0.25) is 5.02 Å². The molecule has 11 heteroatoms. The van der Waals surface area contributed by atoms with Crippen molar-refractivity contribution in [1.29, 1.82) is 0 Å². The third kappa shape index (κ3) is 5.20. The van der Waals surface area contributed by atoms with E-state index in [2.05, 4.69) is 20.3 Å². The van der Waals surface area contributed by atoms with Crippen molar-refractivity contribution in [1.82, 2.24) is 20.3 Å². The van der Waals surface area contributed by atoms with E-state index >= 15 is 0 Å². The normalized spacial score (nSPS) is 17.5. The maximum Gasteiger partial charge on any atom is 0.394 e. The molecule has 28 heavy (non-hydrogen) atoms. The molecular weight excluding hydrogens is 402 g/mol. The summed E-state index contributed by atoms with van der Waals surface area (Å²) in [5.41, 5.74) is -0.488. The molecule has 0 saturated carbocycles. The van der Waals surface area contributed by atoms with E-state index in [1.165, 1.54) is 17.2 Å². The van der Waals surface area contributed by atoms with Crippen LogP contribution in [0.4, 0.5) is 23.4 Å². The molecule has 2 aromatic heterocycles. The number of aromatic nitrogens is 3. The number of aromatic amines is 1. The lowest BCUT2D eigenvalue weighted by Gasteiger charge is -2.27. The summed E-state index contributed by atoms with van der Waals surface area (Å²) in [7, 11) is 0. The van der Waals surface area contributed by atoms with E-state index in [-0.39, 0.29) is 41.9 Å². The first-order chi connectivity index (χ1) is 13.3. The molecule has 2 N–H and O–H groups in total. The number of hydrogen-bond acceptors (Lipinski definition) is 5. The number of halogens is 5. The molecule has 0 aromatic carbocycles. The van der Waals surface area contributed by atoms with Crippen LogP contribution in [0, 0.1) is 11.9 Å². The second kappa shape index (κ2) is 9.33. The highest BCUT2D eigenvalue weighted by Crippen LogP contribution is 2.30. The van der Waals surface area contributed by atoms with Gasteiger partial charge in [-0.2, -0.15) is 17.6 Å². The molecule has 3 heterocycles. The number of nitrogens with one attached hydrogen (secondary N) is 2. The van der Waals surface area contributed by atoms with Gasteiger partial charge >= 0.3 is 6.18 Å². The first-order valence-electron chi connectivity index (χ1n) is 8.70. The third-order valence-electron chi connectivity index (χ3n) is 4.00. The van der Waals surface area contributed by atoms with Crippen molar-refractivity contribution < 1.29 is 17.6 Å². The fourth-order valence-electron chi connectivity index (χ4n) is 2.67. The first kappa shape index (κ1) is 22.1. The van der Waals surface area contributed by atoms with Crippen LogP contribution in [0.25, 0.3) is 11.4 Å². The molecule has 3 rings (SSSR count). The maximum atomic E-state index is 13.3. The molecule has 1 fully saturated rings. The van der Waals surface area contributed by atoms with E-state index in [4.69, 9.17) is 11.6 Å². The van der Waals surface area contributed by atoms with Crippen LogP contribution in [0.3, 0.4) is 0 Å². The number of pyridine rings is 1. The van der Waals surface area contributed by atoms with Gasteiger partial charge in [0.2, 0.25) is 5.95 Å². The van der Waals surface area contributed by atoms with Gasteiger partial charge in [0.25, 0.3) is 5.56 Å². The van der Waals surface area contributed by atoms with E-state index in [0.717, 1.165) is 6.07 Å². The van der Waals surface area contributed by atoms with Gasteiger partial charge in [-0.1, -0.05) is 25.4 Å². The van der Waals surface area contributed by atoms with Crippen LogP contribution < -0.4 is 15.8 Å². The van der Waals surface area contributed by atoms with Crippen LogP contribution in [-0.4, -0.2) is 47.3 Å². The minimum Gasteiger partial charge on any atom is -0.353 e. The van der Waals surface area contributed by atoms with Crippen molar-refractivity contribution in [2.45, 2.75) is 20.0 Å². The smallest absolute Gasteiger partial charge is 0.353 e. The summed E-state index contributed by atoms with van der Waals surface area (Å²) in [4.78, 5) is 23.4. The molecule has 1 unspecified atom stereocenters. The Hall–Kier alpha value is -2.20. The van der Waals surface area contributed by atoms with Crippen molar-refractivity contribution in [3.63, 3.8) is 0 Å². The lowest BCUT2D eigenvalue weighted by Crippen LogP contribution is -2.39. The monoisotopic (exact) mass is 421 g/mol. The highest BCUT2D eigenvalue weighted by Gasteiger charge is 2.41. The number of hydrogen-bond donors (Lipinski definition) is 2. The van der Waals surface area contributed by atoms with Crippen molar-refractivity contribution in [3.05, 3.63) is 39.7 Å². The summed E-state index contributed by atoms with van der Waals surface area (Å²) in [6, 6.07) is 2.47. The lowest BCUT2D eigenvalue weighted by atomic mass is 10.1. The van der Waals surface area contributed by atoms with E-state index in [0.29, 0.717) is 0 Å². The minimum absolute atomic E-state index is 0.00327. The molecule has 0 amide bonds. The third-order valence-corrected chi connectivity index (χ3v) is 4.34. The van der Waals surface area contributed by atoms with Crippen LogP contribution >= 0.6 is 11.6 Å².